The van der Waals surface area contributed by atoms with Crippen molar-refractivity contribution in [1.29, 1.82) is 0 Å². The summed E-state index contributed by atoms with van der Waals surface area (Å²) in [7, 11) is 0. The van der Waals surface area contributed by atoms with Crippen molar-refractivity contribution >= 4 is 12.0 Å². The zero-order chi connectivity index (χ0) is 18.2. The minimum absolute atomic E-state index is 0.0690. The fourth-order valence-corrected chi connectivity index (χ4v) is 3.08. The molecular weight excluding hydrogens is 329 g/mol. The summed E-state index contributed by atoms with van der Waals surface area (Å²) >= 11 is 0. The highest BCUT2D eigenvalue weighted by Gasteiger charge is 2.21. The molecule has 3 rings (SSSR count). The van der Waals surface area contributed by atoms with Gasteiger partial charge < -0.3 is 9.64 Å². The summed E-state index contributed by atoms with van der Waals surface area (Å²) in [6.45, 7) is 2.71. The molecule has 0 unspecified atom stereocenters. The third kappa shape index (κ3) is 5.53. The second kappa shape index (κ2) is 9.30. The molecule has 1 amide bonds. The Bertz CT molecular complexity index is 720. The van der Waals surface area contributed by atoms with Crippen LogP contribution in [-0.2, 0) is 16.1 Å². The first-order valence-corrected chi connectivity index (χ1v) is 9.05. The molecule has 1 heterocycles. The van der Waals surface area contributed by atoms with E-state index in [1.165, 1.54) is 12.1 Å². The predicted octanol–water partition coefficient (Wildman–Crippen LogP) is 4.29. The maximum atomic E-state index is 12.9. The third-order valence-electron chi connectivity index (χ3n) is 4.68. The molecule has 1 saturated heterocycles. The summed E-state index contributed by atoms with van der Waals surface area (Å²) in [5, 5.41) is 0. The van der Waals surface area contributed by atoms with E-state index in [1.807, 2.05) is 41.3 Å². The summed E-state index contributed by atoms with van der Waals surface area (Å²) < 4.78 is 18.6. The van der Waals surface area contributed by atoms with Gasteiger partial charge in [0.15, 0.2) is 0 Å². The molecule has 0 saturated carbocycles. The maximum Gasteiger partial charge on any atom is 0.246 e. The molecule has 26 heavy (non-hydrogen) atoms. The monoisotopic (exact) mass is 353 g/mol. The van der Waals surface area contributed by atoms with Crippen molar-refractivity contribution in [2.24, 2.45) is 5.92 Å². The van der Waals surface area contributed by atoms with Crippen LogP contribution >= 0.6 is 0 Å². The summed E-state index contributed by atoms with van der Waals surface area (Å²) in [6, 6.07) is 16.2. The van der Waals surface area contributed by atoms with Gasteiger partial charge in [0.1, 0.15) is 5.82 Å². The molecule has 4 heteroatoms. The number of carbonyl (C=O) groups excluding carboxylic acids is 1. The number of halogens is 1. The number of likely N-dealkylation sites (tertiary alicyclic amines) is 1. The molecule has 2 aromatic rings. The van der Waals surface area contributed by atoms with Crippen LogP contribution in [0.15, 0.2) is 60.7 Å². The van der Waals surface area contributed by atoms with E-state index < -0.39 is 0 Å². The normalized spacial score (nSPS) is 15.5. The first-order valence-electron chi connectivity index (χ1n) is 9.05. The molecule has 3 nitrogen and oxygen atoms in total. The summed E-state index contributed by atoms with van der Waals surface area (Å²) in [6.07, 6.45) is 5.42. The van der Waals surface area contributed by atoms with Gasteiger partial charge in [0.25, 0.3) is 0 Å². The lowest BCUT2D eigenvalue weighted by molar-refractivity contribution is -0.127. The zero-order valence-corrected chi connectivity index (χ0v) is 14.8. The molecular formula is C22H24FNO2. The van der Waals surface area contributed by atoms with E-state index in [9.17, 15) is 9.18 Å². The van der Waals surface area contributed by atoms with Gasteiger partial charge in [0, 0.05) is 25.8 Å². The van der Waals surface area contributed by atoms with Gasteiger partial charge in [-0.1, -0.05) is 42.5 Å². The van der Waals surface area contributed by atoms with E-state index >= 15 is 0 Å². The second-order valence-corrected chi connectivity index (χ2v) is 6.65. The number of nitrogens with zero attached hydrogens (tertiary/aromatic N) is 1. The average molecular weight is 353 g/mol. The van der Waals surface area contributed by atoms with Crippen molar-refractivity contribution in [1.82, 2.24) is 4.90 Å². The van der Waals surface area contributed by atoms with Crippen LogP contribution in [0.2, 0.25) is 0 Å². The van der Waals surface area contributed by atoms with Gasteiger partial charge in [-0.3, -0.25) is 4.79 Å². The number of ether oxygens (including phenoxy) is 1. The Morgan fingerprint density at radius 3 is 2.46 bits per heavy atom. The molecule has 1 aliphatic heterocycles. The van der Waals surface area contributed by atoms with Gasteiger partial charge in [-0.2, -0.15) is 0 Å². The van der Waals surface area contributed by atoms with Crippen LogP contribution in [0.25, 0.3) is 6.08 Å². The average Bonchev–Trinajstić information content (AvgIpc) is 2.69. The molecule has 0 bridgehead atoms. The van der Waals surface area contributed by atoms with E-state index in [-0.39, 0.29) is 11.7 Å². The number of rotatable bonds is 6. The Hall–Kier alpha value is -2.46. The van der Waals surface area contributed by atoms with Crippen LogP contribution in [0.4, 0.5) is 4.39 Å². The SMILES string of the molecule is O=C(/C=C/c1ccccc1)N1CCC(COCc2ccc(F)cc2)CC1. The number of benzene rings is 2. The van der Waals surface area contributed by atoms with E-state index in [2.05, 4.69) is 0 Å². The van der Waals surface area contributed by atoms with E-state index in [1.54, 1.807) is 18.2 Å². The Morgan fingerprint density at radius 2 is 1.77 bits per heavy atom. The first-order chi connectivity index (χ1) is 12.7. The predicted molar refractivity (Wildman–Crippen MR) is 101 cm³/mol. The molecule has 1 fully saturated rings. The standard InChI is InChI=1S/C22H24FNO2/c23-21-9-6-19(7-10-21)16-26-17-20-12-14-24(15-13-20)22(25)11-8-18-4-2-1-3-5-18/h1-11,20H,12-17H2/b11-8+. The topological polar surface area (TPSA) is 29.5 Å². The van der Waals surface area contributed by atoms with Gasteiger partial charge >= 0.3 is 0 Å². The fourth-order valence-electron chi connectivity index (χ4n) is 3.08. The number of amides is 1. The van der Waals surface area contributed by atoms with Crippen LogP contribution < -0.4 is 0 Å². The van der Waals surface area contributed by atoms with Crippen LogP contribution in [0.5, 0.6) is 0 Å². The Kier molecular flexibility index (Phi) is 6.56. The minimum Gasteiger partial charge on any atom is -0.376 e. The number of carbonyl (C=O) groups is 1. The molecule has 0 atom stereocenters. The maximum absolute atomic E-state index is 12.9. The lowest BCUT2D eigenvalue weighted by atomic mass is 9.97. The van der Waals surface area contributed by atoms with Gasteiger partial charge in [-0.25, -0.2) is 4.39 Å². The highest BCUT2D eigenvalue weighted by molar-refractivity contribution is 5.91. The molecule has 136 valence electrons. The Labute approximate surface area is 154 Å². The van der Waals surface area contributed by atoms with Crippen molar-refractivity contribution in [3.05, 3.63) is 77.6 Å². The lowest BCUT2D eigenvalue weighted by Gasteiger charge is -2.31. The van der Waals surface area contributed by atoms with Crippen molar-refractivity contribution in [2.75, 3.05) is 19.7 Å². The van der Waals surface area contributed by atoms with E-state index in [0.29, 0.717) is 19.1 Å². The highest BCUT2D eigenvalue weighted by atomic mass is 19.1. The molecule has 2 aromatic carbocycles. The molecule has 0 spiro atoms. The fraction of sp³-hybridized carbons (Fsp3) is 0.318. The van der Waals surface area contributed by atoms with Crippen molar-refractivity contribution in [3.8, 4) is 0 Å². The summed E-state index contributed by atoms with van der Waals surface area (Å²) in [4.78, 5) is 14.2. The lowest BCUT2D eigenvalue weighted by Crippen LogP contribution is -2.38. The molecule has 0 aromatic heterocycles. The molecule has 0 N–H and O–H groups in total. The first kappa shape index (κ1) is 18.3. The zero-order valence-electron chi connectivity index (χ0n) is 14.8. The van der Waals surface area contributed by atoms with E-state index in [0.717, 1.165) is 37.1 Å². The van der Waals surface area contributed by atoms with Gasteiger partial charge in [0.2, 0.25) is 5.91 Å². The van der Waals surface area contributed by atoms with Gasteiger partial charge in [-0.05, 0) is 48.1 Å². The largest absolute Gasteiger partial charge is 0.376 e. The van der Waals surface area contributed by atoms with Gasteiger partial charge in [0.05, 0.1) is 6.61 Å². The third-order valence-corrected chi connectivity index (χ3v) is 4.68. The smallest absolute Gasteiger partial charge is 0.246 e. The van der Waals surface area contributed by atoms with E-state index in [4.69, 9.17) is 4.74 Å². The Balaban J connectivity index is 1.37. The Morgan fingerprint density at radius 1 is 1.08 bits per heavy atom. The van der Waals surface area contributed by atoms with Crippen molar-refractivity contribution in [3.63, 3.8) is 0 Å². The van der Waals surface area contributed by atoms with Crippen LogP contribution in [0.3, 0.4) is 0 Å². The molecule has 0 radical (unpaired) electrons. The number of piperidine rings is 1. The molecule has 1 aliphatic rings. The van der Waals surface area contributed by atoms with Crippen LogP contribution in [0.1, 0.15) is 24.0 Å². The second-order valence-electron chi connectivity index (χ2n) is 6.65. The summed E-state index contributed by atoms with van der Waals surface area (Å²) in [5.74, 6) is 0.309. The quantitative estimate of drug-likeness (QED) is 0.725. The highest BCUT2D eigenvalue weighted by Crippen LogP contribution is 2.19. The summed E-state index contributed by atoms with van der Waals surface area (Å²) in [5.41, 5.74) is 2.01. The van der Waals surface area contributed by atoms with Crippen LogP contribution in [-0.4, -0.2) is 30.5 Å². The number of hydrogen-bond donors (Lipinski definition) is 0. The minimum atomic E-state index is -0.230. The van der Waals surface area contributed by atoms with Crippen molar-refractivity contribution in [2.45, 2.75) is 19.4 Å². The van der Waals surface area contributed by atoms with Crippen molar-refractivity contribution < 1.29 is 13.9 Å². The molecule has 0 aliphatic carbocycles. The van der Waals surface area contributed by atoms with Gasteiger partial charge in [-0.15, -0.1) is 0 Å². The number of hydrogen-bond acceptors (Lipinski definition) is 2. The van der Waals surface area contributed by atoms with Crippen LogP contribution in [0, 0.1) is 11.7 Å².